The third kappa shape index (κ3) is 3.89. The zero-order chi connectivity index (χ0) is 12.9. The molecule has 102 valence electrons. The molecule has 1 aliphatic rings. The highest BCUT2D eigenvalue weighted by atomic mass is 32.2. The van der Waals surface area contributed by atoms with Crippen molar-refractivity contribution in [3.05, 3.63) is 0 Å². The van der Waals surface area contributed by atoms with Gasteiger partial charge in [0.2, 0.25) is 0 Å². The summed E-state index contributed by atoms with van der Waals surface area (Å²) in [6, 6.07) is 0.374. The summed E-state index contributed by atoms with van der Waals surface area (Å²) >= 11 is 0. The van der Waals surface area contributed by atoms with Gasteiger partial charge in [-0.2, -0.15) is 12.7 Å². The van der Waals surface area contributed by atoms with Crippen molar-refractivity contribution in [2.24, 2.45) is 5.73 Å². The van der Waals surface area contributed by atoms with Crippen molar-refractivity contribution >= 4 is 10.2 Å². The number of piperazine rings is 1. The molecule has 1 atom stereocenters. The van der Waals surface area contributed by atoms with Crippen LogP contribution in [0.15, 0.2) is 0 Å². The standard InChI is InChI=1S/C10H24N4O2S/c1-3-10(9-11)13-5-7-14(8-6-13)17(15,16)12-4-2/h10,12H,3-9,11H2,1-2H3. The van der Waals surface area contributed by atoms with Crippen molar-refractivity contribution in [3.8, 4) is 0 Å². The first kappa shape index (κ1) is 14.8. The van der Waals surface area contributed by atoms with Gasteiger partial charge in [0.05, 0.1) is 0 Å². The van der Waals surface area contributed by atoms with Crippen molar-refractivity contribution in [1.82, 2.24) is 13.9 Å². The molecule has 1 heterocycles. The molecule has 0 aromatic heterocycles. The van der Waals surface area contributed by atoms with Crippen LogP contribution >= 0.6 is 0 Å². The lowest BCUT2D eigenvalue weighted by atomic mass is 10.1. The van der Waals surface area contributed by atoms with E-state index in [1.165, 1.54) is 4.31 Å². The highest BCUT2D eigenvalue weighted by molar-refractivity contribution is 7.87. The second-order valence-electron chi connectivity index (χ2n) is 4.24. The Hall–Kier alpha value is -0.210. The molecule has 0 aliphatic carbocycles. The number of hydrogen-bond acceptors (Lipinski definition) is 4. The highest BCUT2D eigenvalue weighted by Gasteiger charge is 2.28. The van der Waals surface area contributed by atoms with Gasteiger partial charge in [-0.3, -0.25) is 4.90 Å². The lowest BCUT2D eigenvalue weighted by Crippen LogP contribution is -2.55. The van der Waals surface area contributed by atoms with Crippen LogP contribution in [0.25, 0.3) is 0 Å². The Morgan fingerprint density at radius 3 is 2.24 bits per heavy atom. The first-order valence-corrected chi connectivity index (χ1v) is 7.68. The number of nitrogens with one attached hydrogen (secondary N) is 1. The third-order valence-electron chi connectivity index (χ3n) is 3.20. The lowest BCUT2D eigenvalue weighted by molar-refractivity contribution is 0.136. The predicted octanol–water partition coefficient (Wildman–Crippen LogP) is -0.804. The van der Waals surface area contributed by atoms with E-state index in [0.29, 0.717) is 32.2 Å². The molecule has 7 heteroatoms. The largest absolute Gasteiger partial charge is 0.329 e. The van der Waals surface area contributed by atoms with Crippen molar-refractivity contribution in [1.29, 1.82) is 0 Å². The van der Waals surface area contributed by atoms with Gasteiger partial charge in [0.15, 0.2) is 0 Å². The Kier molecular flexibility index (Phi) is 5.81. The molecule has 1 rings (SSSR count). The van der Waals surface area contributed by atoms with Crippen molar-refractivity contribution in [2.45, 2.75) is 26.3 Å². The van der Waals surface area contributed by atoms with Crippen molar-refractivity contribution in [3.63, 3.8) is 0 Å². The van der Waals surface area contributed by atoms with E-state index in [0.717, 1.165) is 19.5 Å². The van der Waals surface area contributed by atoms with Gasteiger partial charge >= 0.3 is 0 Å². The van der Waals surface area contributed by atoms with E-state index in [4.69, 9.17) is 5.73 Å². The normalized spacial score (nSPS) is 21.6. The summed E-state index contributed by atoms with van der Waals surface area (Å²) in [5.74, 6) is 0. The van der Waals surface area contributed by atoms with E-state index in [9.17, 15) is 8.42 Å². The van der Waals surface area contributed by atoms with E-state index < -0.39 is 10.2 Å². The van der Waals surface area contributed by atoms with E-state index >= 15 is 0 Å². The minimum atomic E-state index is -3.27. The van der Waals surface area contributed by atoms with Crippen LogP contribution in [0.4, 0.5) is 0 Å². The van der Waals surface area contributed by atoms with Crippen molar-refractivity contribution < 1.29 is 8.42 Å². The van der Waals surface area contributed by atoms with Gasteiger partial charge in [0.1, 0.15) is 0 Å². The van der Waals surface area contributed by atoms with E-state index in [1.807, 2.05) is 0 Å². The van der Waals surface area contributed by atoms with Gasteiger partial charge in [-0.05, 0) is 6.42 Å². The Bertz CT molecular complexity index is 308. The minimum absolute atomic E-state index is 0.374. The number of rotatable bonds is 6. The fraction of sp³-hybridized carbons (Fsp3) is 1.00. The molecule has 1 saturated heterocycles. The summed E-state index contributed by atoms with van der Waals surface area (Å²) in [7, 11) is -3.27. The summed E-state index contributed by atoms with van der Waals surface area (Å²) < 4.78 is 27.6. The maximum absolute atomic E-state index is 11.8. The average Bonchev–Trinajstić information content (AvgIpc) is 2.31. The SMILES string of the molecule is CCNS(=O)(=O)N1CCN(C(CC)CN)CC1. The van der Waals surface area contributed by atoms with Gasteiger partial charge in [0, 0.05) is 45.3 Å². The monoisotopic (exact) mass is 264 g/mol. The summed E-state index contributed by atoms with van der Waals surface area (Å²) in [4.78, 5) is 2.28. The second kappa shape index (κ2) is 6.65. The molecule has 3 N–H and O–H groups in total. The predicted molar refractivity (Wildman–Crippen MR) is 68.9 cm³/mol. The molecular formula is C10H24N4O2S. The smallest absolute Gasteiger partial charge is 0.279 e. The van der Waals surface area contributed by atoms with Gasteiger partial charge in [0.25, 0.3) is 10.2 Å². The first-order valence-electron chi connectivity index (χ1n) is 6.24. The third-order valence-corrected chi connectivity index (χ3v) is 4.90. The van der Waals surface area contributed by atoms with Gasteiger partial charge in [-0.25, -0.2) is 4.72 Å². The molecule has 1 fully saturated rings. The molecule has 1 aliphatic heterocycles. The Labute approximate surface area is 104 Å². The average molecular weight is 264 g/mol. The maximum Gasteiger partial charge on any atom is 0.279 e. The molecule has 0 aromatic carbocycles. The zero-order valence-corrected chi connectivity index (χ0v) is 11.5. The maximum atomic E-state index is 11.8. The Morgan fingerprint density at radius 2 is 1.82 bits per heavy atom. The van der Waals surface area contributed by atoms with Gasteiger partial charge < -0.3 is 5.73 Å². The van der Waals surface area contributed by atoms with Crippen LogP contribution in [-0.4, -0.2) is 62.9 Å². The summed E-state index contributed by atoms with van der Waals surface area (Å²) in [5, 5.41) is 0. The molecule has 0 aromatic rings. The van der Waals surface area contributed by atoms with Crippen LogP contribution in [0.3, 0.4) is 0 Å². The molecule has 0 bridgehead atoms. The zero-order valence-electron chi connectivity index (χ0n) is 10.7. The van der Waals surface area contributed by atoms with Crippen LogP contribution in [-0.2, 0) is 10.2 Å². The number of hydrogen-bond donors (Lipinski definition) is 2. The Morgan fingerprint density at radius 1 is 1.24 bits per heavy atom. The molecular weight excluding hydrogens is 240 g/mol. The molecule has 17 heavy (non-hydrogen) atoms. The molecule has 0 radical (unpaired) electrons. The molecule has 6 nitrogen and oxygen atoms in total. The fourth-order valence-electron chi connectivity index (χ4n) is 2.16. The first-order chi connectivity index (χ1) is 8.05. The van der Waals surface area contributed by atoms with E-state index in [-0.39, 0.29) is 0 Å². The molecule has 1 unspecified atom stereocenters. The van der Waals surface area contributed by atoms with Crippen LogP contribution in [0.5, 0.6) is 0 Å². The Balaban J connectivity index is 2.51. The molecule has 0 amide bonds. The highest BCUT2D eigenvalue weighted by Crippen LogP contribution is 2.10. The van der Waals surface area contributed by atoms with Gasteiger partial charge in [-0.1, -0.05) is 13.8 Å². The second-order valence-corrected chi connectivity index (χ2v) is 5.99. The lowest BCUT2D eigenvalue weighted by Gasteiger charge is -2.37. The number of nitrogens with zero attached hydrogens (tertiary/aromatic N) is 2. The summed E-state index contributed by atoms with van der Waals surface area (Å²) in [5.41, 5.74) is 5.70. The number of nitrogens with two attached hydrogens (primary N) is 1. The van der Waals surface area contributed by atoms with Crippen LogP contribution in [0.1, 0.15) is 20.3 Å². The fourth-order valence-corrected chi connectivity index (χ4v) is 3.35. The molecule has 0 spiro atoms. The van der Waals surface area contributed by atoms with Gasteiger partial charge in [-0.15, -0.1) is 0 Å². The van der Waals surface area contributed by atoms with E-state index in [1.54, 1.807) is 6.92 Å². The van der Waals surface area contributed by atoms with Crippen molar-refractivity contribution in [2.75, 3.05) is 39.3 Å². The summed E-state index contributed by atoms with van der Waals surface area (Å²) in [6.07, 6.45) is 1.01. The topological polar surface area (TPSA) is 78.7 Å². The van der Waals surface area contributed by atoms with E-state index in [2.05, 4.69) is 16.5 Å². The van der Waals surface area contributed by atoms with Crippen LogP contribution in [0.2, 0.25) is 0 Å². The van der Waals surface area contributed by atoms with Crippen LogP contribution in [0, 0.1) is 0 Å². The van der Waals surface area contributed by atoms with Crippen LogP contribution < -0.4 is 10.5 Å². The summed E-state index contributed by atoms with van der Waals surface area (Å²) in [6.45, 7) is 7.59. The quantitative estimate of drug-likeness (QED) is 0.658. The molecule has 0 saturated carbocycles. The minimum Gasteiger partial charge on any atom is -0.329 e.